The summed E-state index contributed by atoms with van der Waals surface area (Å²) in [7, 11) is 0. The molecule has 2 heterocycles. The first-order valence-corrected chi connectivity index (χ1v) is 9.09. The maximum atomic E-state index is 12.0. The van der Waals surface area contributed by atoms with Crippen LogP contribution in [0.1, 0.15) is 25.1 Å². The first kappa shape index (κ1) is 18.1. The summed E-state index contributed by atoms with van der Waals surface area (Å²) in [5.41, 5.74) is 2.21. The first-order valence-electron chi connectivity index (χ1n) is 9.09. The fraction of sp³-hybridized carbons (Fsp3) is 0.273. The van der Waals surface area contributed by atoms with Crippen LogP contribution in [0.25, 0.3) is 11.5 Å². The number of hydrogen-bond acceptors (Lipinski definition) is 6. The molecule has 0 bridgehead atoms. The third-order valence-electron chi connectivity index (χ3n) is 4.35. The Labute approximate surface area is 163 Å². The fourth-order valence-electron chi connectivity index (χ4n) is 3.12. The monoisotopic (exact) mass is 379 g/mol. The van der Waals surface area contributed by atoms with E-state index in [9.17, 15) is 4.79 Å². The molecule has 1 aromatic heterocycles. The van der Waals surface area contributed by atoms with Gasteiger partial charge in [0.1, 0.15) is 24.2 Å². The Morgan fingerprint density at radius 3 is 2.79 bits per heavy atom. The van der Waals surface area contributed by atoms with Crippen LogP contribution in [0.3, 0.4) is 0 Å². The predicted octanol–water partition coefficient (Wildman–Crippen LogP) is 4.18. The molecule has 0 fully saturated rings. The Morgan fingerprint density at radius 1 is 1.14 bits per heavy atom. The summed E-state index contributed by atoms with van der Waals surface area (Å²) < 4.78 is 22.2. The van der Waals surface area contributed by atoms with Crippen LogP contribution in [0, 0.1) is 0 Å². The first-order chi connectivity index (χ1) is 13.5. The number of para-hydroxylation sites is 1. The van der Waals surface area contributed by atoms with Crippen LogP contribution in [-0.4, -0.2) is 23.2 Å². The molecule has 0 atom stereocenters. The van der Waals surface area contributed by atoms with Crippen LogP contribution in [0.5, 0.6) is 11.5 Å². The molecule has 6 heteroatoms. The van der Waals surface area contributed by atoms with Crippen molar-refractivity contribution in [3.8, 4) is 23.0 Å². The van der Waals surface area contributed by atoms with Gasteiger partial charge in [0.15, 0.2) is 18.1 Å². The van der Waals surface area contributed by atoms with Crippen molar-refractivity contribution in [3.05, 3.63) is 66.1 Å². The minimum atomic E-state index is -0.487. The van der Waals surface area contributed by atoms with Crippen LogP contribution < -0.4 is 9.47 Å². The second kappa shape index (κ2) is 7.38. The molecule has 28 heavy (non-hydrogen) atoms. The number of rotatable bonds is 6. The van der Waals surface area contributed by atoms with Gasteiger partial charge in [0, 0.05) is 17.5 Å². The van der Waals surface area contributed by atoms with E-state index in [2.05, 4.69) is 4.98 Å². The largest absolute Gasteiger partial charge is 0.483 e. The number of carbonyl (C=O) groups excluding carboxylic acids is 1. The number of carbonyl (C=O) groups is 1. The van der Waals surface area contributed by atoms with Gasteiger partial charge in [0.25, 0.3) is 0 Å². The van der Waals surface area contributed by atoms with Crippen molar-refractivity contribution < 1.29 is 23.4 Å². The molecule has 0 saturated heterocycles. The van der Waals surface area contributed by atoms with Gasteiger partial charge in [0.05, 0.1) is 0 Å². The maximum absolute atomic E-state index is 12.0. The Balaban J connectivity index is 1.31. The number of benzene rings is 2. The third kappa shape index (κ3) is 4.01. The lowest BCUT2D eigenvalue weighted by molar-refractivity contribution is -0.147. The highest BCUT2D eigenvalue weighted by Gasteiger charge is 2.32. The highest BCUT2D eigenvalue weighted by Crippen LogP contribution is 2.41. The molecule has 0 radical (unpaired) electrons. The Hall–Kier alpha value is -3.28. The predicted molar refractivity (Wildman–Crippen MR) is 102 cm³/mol. The van der Waals surface area contributed by atoms with Crippen molar-refractivity contribution in [2.75, 3.05) is 6.61 Å². The zero-order valence-corrected chi connectivity index (χ0v) is 15.8. The lowest BCUT2D eigenvalue weighted by atomic mass is 10.0. The molecule has 0 aliphatic carbocycles. The Morgan fingerprint density at radius 2 is 1.96 bits per heavy atom. The molecular weight excluding hydrogens is 358 g/mol. The van der Waals surface area contributed by atoms with Crippen LogP contribution in [0.2, 0.25) is 0 Å². The molecule has 1 aliphatic heterocycles. The highest BCUT2D eigenvalue weighted by molar-refractivity contribution is 5.71. The van der Waals surface area contributed by atoms with Gasteiger partial charge in [-0.1, -0.05) is 30.3 Å². The molecule has 4 rings (SSSR count). The smallest absolute Gasteiger partial charge is 0.344 e. The number of oxazole rings is 1. The molecule has 2 aromatic carbocycles. The van der Waals surface area contributed by atoms with E-state index in [4.69, 9.17) is 18.6 Å². The third-order valence-corrected chi connectivity index (χ3v) is 4.35. The van der Waals surface area contributed by atoms with Gasteiger partial charge in [-0.25, -0.2) is 9.78 Å². The summed E-state index contributed by atoms with van der Waals surface area (Å²) in [5, 5.41) is 0. The standard InChI is InChI=1S/C22H21NO5/c1-22(2)11-16-9-6-10-18(20(16)28-22)25-14-19(24)26-12-17-13-27-21(23-17)15-7-4-3-5-8-15/h3-10,13H,11-12,14H2,1-2H3. The minimum absolute atomic E-state index is 0.0228. The minimum Gasteiger partial charge on any atom is -0.483 e. The topological polar surface area (TPSA) is 70.8 Å². The highest BCUT2D eigenvalue weighted by atomic mass is 16.6. The molecule has 0 N–H and O–H groups in total. The van der Waals surface area contributed by atoms with E-state index in [1.165, 1.54) is 6.26 Å². The number of hydrogen-bond donors (Lipinski definition) is 0. The van der Waals surface area contributed by atoms with E-state index in [0.29, 0.717) is 23.1 Å². The lowest BCUT2D eigenvalue weighted by Gasteiger charge is -2.18. The summed E-state index contributed by atoms with van der Waals surface area (Å²) in [6.07, 6.45) is 2.29. The second-order valence-corrected chi connectivity index (χ2v) is 7.24. The molecule has 0 unspecified atom stereocenters. The van der Waals surface area contributed by atoms with Crippen molar-refractivity contribution in [2.24, 2.45) is 0 Å². The SMILES string of the molecule is CC1(C)Cc2cccc(OCC(=O)OCc3coc(-c4ccccc4)n3)c2O1. The lowest BCUT2D eigenvalue weighted by Crippen LogP contribution is -2.24. The number of esters is 1. The van der Waals surface area contributed by atoms with E-state index in [1.807, 2.05) is 56.3 Å². The number of aromatic nitrogens is 1. The second-order valence-electron chi connectivity index (χ2n) is 7.24. The molecule has 1 aliphatic rings. The molecule has 0 amide bonds. The fourth-order valence-corrected chi connectivity index (χ4v) is 3.12. The van der Waals surface area contributed by atoms with Crippen LogP contribution in [0.4, 0.5) is 0 Å². The van der Waals surface area contributed by atoms with Gasteiger partial charge < -0.3 is 18.6 Å². The molecule has 0 saturated carbocycles. The van der Waals surface area contributed by atoms with Crippen molar-refractivity contribution >= 4 is 5.97 Å². The summed E-state index contributed by atoms with van der Waals surface area (Å²) in [6.45, 7) is 3.86. The summed E-state index contributed by atoms with van der Waals surface area (Å²) in [5.74, 6) is 1.25. The van der Waals surface area contributed by atoms with Crippen LogP contribution in [0.15, 0.2) is 59.2 Å². The van der Waals surface area contributed by atoms with Gasteiger partial charge in [0.2, 0.25) is 5.89 Å². The average Bonchev–Trinajstić information content (AvgIpc) is 3.28. The van der Waals surface area contributed by atoms with E-state index in [1.54, 1.807) is 6.07 Å². The van der Waals surface area contributed by atoms with Crippen LogP contribution >= 0.6 is 0 Å². The summed E-state index contributed by atoms with van der Waals surface area (Å²) in [6, 6.07) is 15.2. The van der Waals surface area contributed by atoms with Gasteiger partial charge in [-0.15, -0.1) is 0 Å². The zero-order chi connectivity index (χ0) is 19.6. The number of fused-ring (bicyclic) bond motifs is 1. The number of nitrogens with zero attached hydrogens (tertiary/aromatic N) is 1. The Bertz CT molecular complexity index is 978. The van der Waals surface area contributed by atoms with Crippen LogP contribution in [-0.2, 0) is 22.6 Å². The molecule has 0 spiro atoms. The van der Waals surface area contributed by atoms with Crippen molar-refractivity contribution in [2.45, 2.75) is 32.5 Å². The van der Waals surface area contributed by atoms with Crippen molar-refractivity contribution in [1.29, 1.82) is 0 Å². The van der Waals surface area contributed by atoms with Gasteiger partial charge >= 0.3 is 5.97 Å². The average molecular weight is 379 g/mol. The quantitative estimate of drug-likeness (QED) is 0.599. The van der Waals surface area contributed by atoms with Gasteiger partial charge in [-0.2, -0.15) is 0 Å². The molecule has 144 valence electrons. The van der Waals surface area contributed by atoms with Gasteiger partial charge in [-0.05, 0) is 32.0 Å². The maximum Gasteiger partial charge on any atom is 0.344 e. The summed E-state index contributed by atoms with van der Waals surface area (Å²) in [4.78, 5) is 16.4. The van der Waals surface area contributed by atoms with E-state index < -0.39 is 5.97 Å². The molecule has 6 nitrogen and oxygen atoms in total. The zero-order valence-electron chi connectivity index (χ0n) is 15.8. The van der Waals surface area contributed by atoms with Gasteiger partial charge in [-0.3, -0.25) is 0 Å². The molecule has 3 aromatic rings. The van der Waals surface area contributed by atoms with Crippen molar-refractivity contribution in [3.63, 3.8) is 0 Å². The van der Waals surface area contributed by atoms with Crippen molar-refractivity contribution in [1.82, 2.24) is 4.98 Å². The summed E-state index contributed by atoms with van der Waals surface area (Å²) >= 11 is 0. The normalized spacial score (nSPS) is 14.2. The number of ether oxygens (including phenoxy) is 3. The van der Waals surface area contributed by atoms with E-state index >= 15 is 0 Å². The van der Waals surface area contributed by atoms with E-state index in [-0.39, 0.29) is 18.8 Å². The Kier molecular flexibility index (Phi) is 4.77. The van der Waals surface area contributed by atoms with E-state index in [0.717, 1.165) is 17.5 Å². The molecular formula is C22H21NO5.